The number of rotatable bonds is 11. The Morgan fingerprint density at radius 2 is 1.67 bits per heavy atom. The van der Waals surface area contributed by atoms with Crippen molar-refractivity contribution in [2.75, 3.05) is 33.7 Å². The smallest absolute Gasteiger partial charge is 0.421 e. The van der Waals surface area contributed by atoms with Gasteiger partial charge in [0.2, 0.25) is 6.79 Å². The molecule has 2 rings (SSSR count). The molecule has 0 spiro atoms. The number of nitro groups is 1. The molecule has 1 aromatic rings. The van der Waals surface area contributed by atoms with Crippen molar-refractivity contribution < 1.29 is 47.8 Å². The third-order valence-electron chi connectivity index (χ3n) is 5.50. The highest BCUT2D eigenvalue weighted by atomic mass is 16.7. The highest BCUT2D eigenvalue weighted by molar-refractivity contribution is 6.01. The molecule has 1 amide bonds. The van der Waals surface area contributed by atoms with Gasteiger partial charge >= 0.3 is 24.0 Å². The Hall–Kier alpha value is -4.30. The van der Waals surface area contributed by atoms with E-state index in [1.807, 2.05) is 0 Å². The summed E-state index contributed by atoms with van der Waals surface area (Å²) in [6, 6.07) is 5.39. The number of carbonyl (C=O) groups is 4. The Morgan fingerprint density at radius 1 is 1.03 bits per heavy atom. The second kappa shape index (κ2) is 14.0. The molecule has 1 aliphatic heterocycles. The summed E-state index contributed by atoms with van der Waals surface area (Å²) in [5, 5.41) is 11.5. The zero-order valence-corrected chi connectivity index (χ0v) is 22.3. The number of benzene rings is 1. The minimum Gasteiger partial charge on any atom is -0.460 e. The van der Waals surface area contributed by atoms with Gasteiger partial charge in [0.25, 0.3) is 5.69 Å². The minimum atomic E-state index is -1.20. The summed E-state index contributed by atoms with van der Waals surface area (Å²) >= 11 is 0. The van der Waals surface area contributed by atoms with E-state index in [1.165, 1.54) is 45.2 Å². The first kappa shape index (κ1) is 30.9. The molecule has 2 N–H and O–H groups in total. The van der Waals surface area contributed by atoms with Crippen LogP contribution in [-0.2, 0) is 38.1 Å². The SMILES string of the molecule is COCCOC(=O)C1=C(C)N(C(=O)OCOC(=O)CN)C(C)=C(C(=O)OC(C)C)C1c1cccc([N+](=O)[O-])c1. The molecule has 1 aliphatic rings. The first-order valence-corrected chi connectivity index (χ1v) is 11.8. The maximum atomic E-state index is 13.4. The molecule has 0 saturated carbocycles. The van der Waals surface area contributed by atoms with Crippen molar-refractivity contribution >= 4 is 29.7 Å². The highest BCUT2D eigenvalue weighted by Gasteiger charge is 2.43. The zero-order chi connectivity index (χ0) is 29.3. The van der Waals surface area contributed by atoms with Gasteiger partial charge in [0.05, 0.1) is 41.2 Å². The third kappa shape index (κ3) is 7.61. The maximum absolute atomic E-state index is 13.4. The Balaban J connectivity index is 2.74. The number of nitrogens with zero attached hydrogens (tertiary/aromatic N) is 2. The van der Waals surface area contributed by atoms with E-state index in [0.717, 1.165) is 4.90 Å². The standard InChI is InChI=1S/C25H31N3O11/c1-14(2)39-24(31)21-16(4)27(25(32)38-13-37-19(29)12-26)15(3)20(23(30)36-10-9-35-5)22(21)17-7-6-8-18(11-17)28(33)34/h6-8,11,14,22H,9-10,12-13,26H2,1-5H3. The fraction of sp³-hybridized carbons (Fsp3) is 0.440. The fourth-order valence-corrected chi connectivity index (χ4v) is 3.85. The van der Waals surface area contributed by atoms with E-state index in [1.54, 1.807) is 13.8 Å². The van der Waals surface area contributed by atoms with Crippen molar-refractivity contribution in [1.82, 2.24) is 4.90 Å². The lowest BCUT2D eigenvalue weighted by atomic mass is 9.79. The van der Waals surface area contributed by atoms with Crippen molar-refractivity contribution in [3.05, 3.63) is 62.5 Å². The Kier molecular flexibility index (Phi) is 11.1. The second-order valence-electron chi connectivity index (χ2n) is 8.45. The summed E-state index contributed by atoms with van der Waals surface area (Å²) in [4.78, 5) is 63.0. The van der Waals surface area contributed by atoms with Gasteiger partial charge in [-0.2, -0.15) is 0 Å². The van der Waals surface area contributed by atoms with Gasteiger partial charge in [-0.25, -0.2) is 14.4 Å². The summed E-state index contributed by atoms with van der Waals surface area (Å²) in [6.45, 7) is 4.75. The van der Waals surface area contributed by atoms with Crippen LogP contribution in [0.1, 0.15) is 39.2 Å². The first-order valence-electron chi connectivity index (χ1n) is 11.8. The molecule has 1 heterocycles. The second-order valence-corrected chi connectivity index (χ2v) is 8.45. The normalized spacial score (nSPS) is 15.3. The van der Waals surface area contributed by atoms with E-state index >= 15 is 0 Å². The summed E-state index contributed by atoms with van der Waals surface area (Å²) < 4.78 is 25.4. The third-order valence-corrected chi connectivity index (χ3v) is 5.50. The first-order chi connectivity index (χ1) is 18.4. The van der Waals surface area contributed by atoms with E-state index < -0.39 is 54.3 Å². The Morgan fingerprint density at radius 3 is 2.23 bits per heavy atom. The fourth-order valence-electron chi connectivity index (χ4n) is 3.85. The largest absolute Gasteiger partial charge is 0.460 e. The average molecular weight is 550 g/mol. The molecule has 212 valence electrons. The number of hydrogen-bond acceptors (Lipinski definition) is 12. The molecule has 1 aromatic carbocycles. The topological polar surface area (TPSA) is 187 Å². The van der Waals surface area contributed by atoms with Crippen LogP contribution in [-0.4, -0.2) is 73.6 Å². The zero-order valence-electron chi connectivity index (χ0n) is 22.3. The van der Waals surface area contributed by atoms with Crippen LogP contribution in [0.15, 0.2) is 46.8 Å². The van der Waals surface area contributed by atoms with Crippen molar-refractivity contribution in [1.29, 1.82) is 0 Å². The van der Waals surface area contributed by atoms with Crippen molar-refractivity contribution in [3.8, 4) is 0 Å². The van der Waals surface area contributed by atoms with Crippen LogP contribution in [0.3, 0.4) is 0 Å². The number of carbonyl (C=O) groups excluding carboxylic acids is 4. The lowest BCUT2D eigenvalue weighted by molar-refractivity contribution is -0.384. The van der Waals surface area contributed by atoms with Crippen LogP contribution in [0.25, 0.3) is 0 Å². The van der Waals surface area contributed by atoms with E-state index in [0.29, 0.717) is 0 Å². The van der Waals surface area contributed by atoms with Crippen molar-refractivity contribution in [2.24, 2.45) is 5.73 Å². The number of non-ortho nitro benzene ring substituents is 1. The summed E-state index contributed by atoms with van der Waals surface area (Å²) in [5.41, 5.74) is 4.83. The van der Waals surface area contributed by atoms with Gasteiger partial charge in [-0.3, -0.25) is 19.8 Å². The van der Waals surface area contributed by atoms with Crippen LogP contribution in [0.5, 0.6) is 0 Å². The van der Waals surface area contributed by atoms with Crippen LogP contribution in [0.4, 0.5) is 10.5 Å². The number of nitro benzene ring substituents is 1. The monoisotopic (exact) mass is 549 g/mol. The number of methoxy groups -OCH3 is 1. The number of amides is 1. The van der Waals surface area contributed by atoms with Gasteiger partial charge in [-0.1, -0.05) is 12.1 Å². The van der Waals surface area contributed by atoms with Crippen molar-refractivity contribution in [2.45, 2.75) is 39.7 Å². The molecule has 0 saturated heterocycles. The molecule has 1 unspecified atom stereocenters. The van der Waals surface area contributed by atoms with Gasteiger partial charge in [-0.05, 0) is 33.3 Å². The molecule has 14 heteroatoms. The van der Waals surface area contributed by atoms with Gasteiger partial charge in [0.15, 0.2) is 0 Å². The number of ether oxygens (including phenoxy) is 5. The lowest BCUT2D eigenvalue weighted by Crippen LogP contribution is -2.39. The molecule has 0 radical (unpaired) electrons. The molecule has 0 bridgehead atoms. The van der Waals surface area contributed by atoms with Gasteiger partial charge in [0.1, 0.15) is 6.61 Å². The minimum absolute atomic E-state index is 0.0164. The predicted octanol–water partition coefficient (Wildman–Crippen LogP) is 2.28. The maximum Gasteiger partial charge on any atom is 0.421 e. The van der Waals surface area contributed by atoms with Crippen LogP contribution < -0.4 is 5.73 Å². The lowest BCUT2D eigenvalue weighted by Gasteiger charge is -2.36. The van der Waals surface area contributed by atoms with Crippen LogP contribution in [0.2, 0.25) is 0 Å². The van der Waals surface area contributed by atoms with Crippen LogP contribution >= 0.6 is 0 Å². The van der Waals surface area contributed by atoms with Crippen molar-refractivity contribution in [3.63, 3.8) is 0 Å². The van der Waals surface area contributed by atoms with Gasteiger partial charge in [-0.15, -0.1) is 0 Å². The Labute approximate surface area is 224 Å². The Bertz CT molecular complexity index is 1190. The molecule has 1 atom stereocenters. The molecular formula is C25H31N3O11. The van der Waals surface area contributed by atoms with E-state index in [-0.39, 0.29) is 47.0 Å². The average Bonchev–Trinajstić information content (AvgIpc) is 2.87. The number of nitrogens with two attached hydrogens (primary N) is 1. The van der Waals surface area contributed by atoms with E-state index in [9.17, 15) is 29.3 Å². The van der Waals surface area contributed by atoms with E-state index in [2.05, 4.69) is 4.74 Å². The number of allylic oxidation sites excluding steroid dienone is 2. The summed E-state index contributed by atoms with van der Waals surface area (Å²) in [7, 11) is 1.41. The predicted molar refractivity (Wildman–Crippen MR) is 134 cm³/mol. The van der Waals surface area contributed by atoms with Crippen LogP contribution in [0, 0.1) is 10.1 Å². The molecule has 14 nitrogen and oxygen atoms in total. The summed E-state index contributed by atoms with van der Waals surface area (Å²) in [6.07, 6.45) is -1.66. The molecule has 0 fully saturated rings. The highest BCUT2D eigenvalue weighted by Crippen LogP contribution is 2.44. The molecular weight excluding hydrogens is 518 g/mol. The van der Waals surface area contributed by atoms with E-state index in [4.69, 9.17) is 24.7 Å². The summed E-state index contributed by atoms with van der Waals surface area (Å²) in [5.74, 6) is -3.81. The number of hydrogen-bond donors (Lipinski definition) is 1. The molecule has 0 aromatic heterocycles. The molecule has 39 heavy (non-hydrogen) atoms. The number of esters is 3. The quantitative estimate of drug-likeness (QED) is 0.106. The van der Waals surface area contributed by atoms with Gasteiger partial charge < -0.3 is 29.4 Å². The molecule has 0 aliphatic carbocycles. The van der Waals surface area contributed by atoms with Gasteiger partial charge in [0, 0.05) is 30.6 Å².